The van der Waals surface area contributed by atoms with Crippen molar-refractivity contribution in [2.75, 3.05) is 27.2 Å². The summed E-state index contributed by atoms with van der Waals surface area (Å²) in [6.45, 7) is 6.88. The topological polar surface area (TPSA) is 84.4 Å². The first-order valence-electron chi connectivity index (χ1n) is 8.17. The maximum Gasteiger partial charge on any atom is 0.259 e. The van der Waals surface area contributed by atoms with Crippen molar-refractivity contribution in [3.63, 3.8) is 0 Å². The van der Waals surface area contributed by atoms with Crippen LogP contribution >= 0.6 is 0 Å². The van der Waals surface area contributed by atoms with E-state index >= 15 is 0 Å². The van der Waals surface area contributed by atoms with Crippen LogP contribution in [0.4, 0.5) is 0 Å². The molecule has 7 heteroatoms. The molecule has 0 radical (unpaired) electrons. The number of nitrogens with zero attached hydrogens (tertiary/aromatic N) is 3. The van der Waals surface area contributed by atoms with Gasteiger partial charge in [-0.2, -0.15) is 0 Å². The molecule has 1 N–H and O–H groups in total. The molecule has 0 fully saturated rings. The highest BCUT2D eigenvalue weighted by Gasteiger charge is 2.22. The molecule has 3 heterocycles. The number of rotatable bonds is 5. The van der Waals surface area contributed by atoms with Crippen molar-refractivity contribution >= 4 is 17.0 Å². The van der Waals surface area contributed by atoms with E-state index in [1.807, 2.05) is 33.9 Å². The molecule has 0 saturated carbocycles. The molecule has 132 valence electrons. The van der Waals surface area contributed by atoms with Crippen LogP contribution in [0.15, 0.2) is 21.1 Å². The van der Waals surface area contributed by atoms with E-state index in [2.05, 4.69) is 15.5 Å². The molecule has 0 saturated heterocycles. The monoisotopic (exact) mass is 342 g/mol. The Hall–Kier alpha value is -2.67. The summed E-state index contributed by atoms with van der Waals surface area (Å²) in [6, 6.07) is 3.70. The largest absolute Gasteiger partial charge is 0.466 e. The maximum absolute atomic E-state index is 13.0. The average molecular weight is 342 g/mol. The lowest BCUT2D eigenvalue weighted by molar-refractivity contribution is 0.0798. The predicted octanol–water partition coefficient (Wildman–Crippen LogP) is 2.70. The van der Waals surface area contributed by atoms with E-state index in [0.717, 1.165) is 17.1 Å². The zero-order valence-corrected chi connectivity index (χ0v) is 15.1. The summed E-state index contributed by atoms with van der Waals surface area (Å²) in [5.41, 5.74) is 3.04. The Morgan fingerprint density at radius 1 is 1.28 bits per heavy atom. The summed E-state index contributed by atoms with van der Waals surface area (Å²) in [7, 11) is 3.64. The Bertz CT molecular complexity index is 926. The minimum absolute atomic E-state index is 0.0898. The van der Waals surface area contributed by atoms with Crippen molar-refractivity contribution in [1.29, 1.82) is 0 Å². The molecule has 0 aliphatic rings. The molecule has 0 spiro atoms. The smallest absolute Gasteiger partial charge is 0.259 e. The van der Waals surface area contributed by atoms with E-state index in [0.29, 0.717) is 41.1 Å². The van der Waals surface area contributed by atoms with Crippen LogP contribution in [-0.4, -0.2) is 48.1 Å². The second-order valence-electron chi connectivity index (χ2n) is 6.16. The summed E-state index contributed by atoms with van der Waals surface area (Å²) in [5, 5.41) is 7.68. The third-order valence-electron chi connectivity index (χ3n) is 4.21. The van der Waals surface area contributed by atoms with Crippen LogP contribution in [0.25, 0.3) is 22.4 Å². The molecule has 7 nitrogen and oxygen atoms in total. The van der Waals surface area contributed by atoms with E-state index < -0.39 is 0 Å². The Morgan fingerprint density at radius 2 is 2.04 bits per heavy atom. The van der Waals surface area contributed by atoms with Gasteiger partial charge in [0.2, 0.25) is 0 Å². The first-order chi connectivity index (χ1) is 11.9. The average Bonchev–Trinajstić information content (AvgIpc) is 3.13. The van der Waals surface area contributed by atoms with Crippen molar-refractivity contribution in [2.45, 2.75) is 20.8 Å². The number of fused-ring (bicyclic) bond motifs is 1. The SMILES string of the molecule is CNCCN(C)C(=O)c1cc(-c2cc(C)oc2C)nc2onc(C)c12. The molecule has 3 rings (SSSR count). The van der Waals surface area contributed by atoms with E-state index in [1.54, 1.807) is 18.0 Å². The normalized spacial score (nSPS) is 11.2. The number of hydrogen-bond acceptors (Lipinski definition) is 6. The van der Waals surface area contributed by atoms with Crippen LogP contribution in [0.3, 0.4) is 0 Å². The summed E-state index contributed by atoms with van der Waals surface area (Å²) < 4.78 is 10.9. The second kappa shape index (κ2) is 6.68. The predicted molar refractivity (Wildman–Crippen MR) is 94.6 cm³/mol. The third kappa shape index (κ3) is 3.15. The summed E-state index contributed by atoms with van der Waals surface area (Å²) in [6.07, 6.45) is 0. The highest BCUT2D eigenvalue weighted by Crippen LogP contribution is 2.30. The van der Waals surface area contributed by atoms with Crippen molar-refractivity contribution in [3.05, 3.63) is 34.9 Å². The van der Waals surface area contributed by atoms with Gasteiger partial charge in [-0.3, -0.25) is 4.79 Å². The fourth-order valence-corrected chi connectivity index (χ4v) is 2.87. The Balaban J connectivity index is 2.14. The minimum atomic E-state index is -0.0898. The summed E-state index contributed by atoms with van der Waals surface area (Å²) in [4.78, 5) is 19.2. The third-order valence-corrected chi connectivity index (χ3v) is 4.21. The molecular weight excluding hydrogens is 320 g/mol. The van der Waals surface area contributed by atoms with Gasteiger partial charge < -0.3 is 19.2 Å². The van der Waals surface area contributed by atoms with Crippen molar-refractivity contribution < 1.29 is 13.7 Å². The Morgan fingerprint density at radius 3 is 2.68 bits per heavy atom. The number of carbonyl (C=O) groups excluding carboxylic acids is 1. The number of pyridine rings is 1. The van der Waals surface area contributed by atoms with Crippen LogP contribution in [0.5, 0.6) is 0 Å². The van der Waals surface area contributed by atoms with Gasteiger partial charge >= 0.3 is 0 Å². The molecular formula is C18H22N4O3. The Labute approximate surface area is 146 Å². The number of aryl methyl sites for hydroxylation is 3. The zero-order valence-electron chi connectivity index (χ0n) is 15.1. The van der Waals surface area contributed by atoms with Gasteiger partial charge in [0.05, 0.1) is 22.3 Å². The van der Waals surface area contributed by atoms with Crippen molar-refractivity contribution in [3.8, 4) is 11.3 Å². The second-order valence-corrected chi connectivity index (χ2v) is 6.16. The van der Waals surface area contributed by atoms with Gasteiger partial charge in [-0.15, -0.1) is 0 Å². The molecule has 3 aromatic heterocycles. The van der Waals surface area contributed by atoms with Gasteiger partial charge in [0.1, 0.15) is 11.5 Å². The van der Waals surface area contributed by atoms with Crippen LogP contribution in [0, 0.1) is 20.8 Å². The van der Waals surface area contributed by atoms with Crippen molar-refractivity contribution in [2.24, 2.45) is 0 Å². The molecule has 0 atom stereocenters. The van der Waals surface area contributed by atoms with Crippen molar-refractivity contribution in [1.82, 2.24) is 20.4 Å². The number of carbonyl (C=O) groups is 1. The summed E-state index contributed by atoms with van der Waals surface area (Å²) >= 11 is 0. The summed E-state index contributed by atoms with van der Waals surface area (Å²) in [5.74, 6) is 1.46. The molecule has 25 heavy (non-hydrogen) atoms. The number of nitrogens with one attached hydrogen (secondary N) is 1. The fraction of sp³-hybridized carbons (Fsp3) is 0.389. The van der Waals surface area contributed by atoms with Gasteiger partial charge in [0, 0.05) is 25.7 Å². The van der Waals surface area contributed by atoms with E-state index in [9.17, 15) is 4.79 Å². The first kappa shape index (κ1) is 17.2. The van der Waals surface area contributed by atoms with E-state index in [1.165, 1.54) is 0 Å². The number of aromatic nitrogens is 2. The lowest BCUT2D eigenvalue weighted by atomic mass is 10.0. The van der Waals surface area contributed by atoms with Crippen LogP contribution in [-0.2, 0) is 0 Å². The highest BCUT2D eigenvalue weighted by atomic mass is 16.5. The van der Waals surface area contributed by atoms with Gasteiger partial charge in [0.15, 0.2) is 0 Å². The lowest BCUT2D eigenvalue weighted by Crippen LogP contribution is -2.33. The Kier molecular flexibility index (Phi) is 4.59. The standard InChI is InChI=1S/C18H22N4O3/c1-10-8-13(12(3)24-10)15-9-14(18(23)22(5)7-6-19-4)16-11(2)21-25-17(16)20-15/h8-9,19H,6-7H2,1-5H3. The maximum atomic E-state index is 13.0. The number of furan rings is 1. The number of hydrogen-bond donors (Lipinski definition) is 1. The first-order valence-corrected chi connectivity index (χ1v) is 8.17. The van der Waals surface area contributed by atoms with Crippen LogP contribution in [0.2, 0.25) is 0 Å². The quantitative estimate of drug-likeness (QED) is 0.767. The van der Waals surface area contributed by atoms with Gasteiger partial charge in [-0.05, 0) is 40.0 Å². The lowest BCUT2D eigenvalue weighted by Gasteiger charge is -2.17. The molecule has 1 amide bonds. The molecule has 0 aliphatic heterocycles. The van der Waals surface area contributed by atoms with Gasteiger partial charge in [0.25, 0.3) is 11.6 Å². The van der Waals surface area contributed by atoms with E-state index in [4.69, 9.17) is 8.94 Å². The zero-order chi connectivity index (χ0) is 18.1. The minimum Gasteiger partial charge on any atom is -0.466 e. The molecule has 0 unspecified atom stereocenters. The molecule has 0 bridgehead atoms. The highest BCUT2D eigenvalue weighted by molar-refractivity contribution is 6.06. The van der Waals surface area contributed by atoms with Crippen LogP contribution < -0.4 is 5.32 Å². The molecule has 0 aliphatic carbocycles. The number of likely N-dealkylation sites (N-methyl/N-ethyl adjacent to an activating group) is 2. The fourth-order valence-electron chi connectivity index (χ4n) is 2.87. The van der Waals surface area contributed by atoms with E-state index in [-0.39, 0.29) is 5.91 Å². The van der Waals surface area contributed by atoms with Gasteiger partial charge in [-0.1, -0.05) is 5.16 Å². The molecule has 3 aromatic rings. The number of amides is 1. The molecule has 0 aromatic carbocycles. The van der Waals surface area contributed by atoms with Gasteiger partial charge in [-0.25, -0.2) is 4.98 Å². The van der Waals surface area contributed by atoms with Crippen LogP contribution in [0.1, 0.15) is 27.6 Å².